The van der Waals surface area contributed by atoms with E-state index in [4.69, 9.17) is 14.2 Å². The molecule has 2 aromatic heterocycles. The summed E-state index contributed by atoms with van der Waals surface area (Å²) < 4.78 is 45.2. The molecular weight excluding hydrogens is 406 g/mol. The Labute approximate surface area is 177 Å². The molecule has 2 saturated heterocycles. The van der Waals surface area contributed by atoms with Gasteiger partial charge in [0, 0.05) is 24.4 Å². The summed E-state index contributed by atoms with van der Waals surface area (Å²) in [5, 5.41) is 9.53. The minimum Gasteiger partial charge on any atom is -0.484 e. The molecule has 3 aliphatic heterocycles. The molecule has 7 nitrogen and oxygen atoms in total. The first-order valence-electron chi connectivity index (χ1n) is 10.5. The third kappa shape index (κ3) is 2.86. The molecule has 0 spiro atoms. The van der Waals surface area contributed by atoms with Crippen LogP contribution in [0.2, 0.25) is 0 Å². The molecule has 1 atom stereocenters. The Hall–Kier alpha value is -2.65. The van der Waals surface area contributed by atoms with Gasteiger partial charge in [-0.05, 0) is 42.7 Å². The number of aromatic nitrogens is 4. The van der Waals surface area contributed by atoms with E-state index in [1.165, 1.54) is 5.56 Å². The van der Waals surface area contributed by atoms with Gasteiger partial charge < -0.3 is 14.2 Å². The van der Waals surface area contributed by atoms with Crippen LogP contribution in [0.25, 0.3) is 10.9 Å². The van der Waals surface area contributed by atoms with Crippen LogP contribution < -0.4 is 4.74 Å². The SMILES string of the molecule is C[C@@H](Oc1ccc2ncc3c(c2c1)CCOC3)c1cn(C23COC(C(F)F)(C2)C3)nn1. The monoisotopic (exact) mass is 428 g/mol. The van der Waals surface area contributed by atoms with E-state index in [0.29, 0.717) is 18.9 Å². The maximum Gasteiger partial charge on any atom is 0.267 e. The summed E-state index contributed by atoms with van der Waals surface area (Å²) in [7, 11) is 0. The van der Waals surface area contributed by atoms with Gasteiger partial charge in [0.15, 0.2) is 0 Å². The smallest absolute Gasteiger partial charge is 0.267 e. The third-order valence-corrected chi connectivity index (χ3v) is 6.80. The van der Waals surface area contributed by atoms with Crippen molar-refractivity contribution in [3.05, 3.63) is 47.4 Å². The minimum atomic E-state index is -2.48. The van der Waals surface area contributed by atoms with Crippen LogP contribution in [0.15, 0.2) is 30.6 Å². The number of benzene rings is 1. The van der Waals surface area contributed by atoms with Crippen LogP contribution in [-0.2, 0) is 28.0 Å². The number of pyridine rings is 1. The van der Waals surface area contributed by atoms with Crippen molar-refractivity contribution in [2.75, 3.05) is 13.2 Å². The lowest BCUT2D eigenvalue weighted by Crippen LogP contribution is -2.54. The summed E-state index contributed by atoms with van der Waals surface area (Å²) in [6, 6.07) is 5.87. The van der Waals surface area contributed by atoms with E-state index in [1.807, 2.05) is 31.3 Å². The van der Waals surface area contributed by atoms with E-state index < -0.39 is 17.6 Å². The summed E-state index contributed by atoms with van der Waals surface area (Å²) in [4.78, 5) is 4.52. The second-order valence-electron chi connectivity index (χ2n) is 8.82. The first-order valence-corrected chi connectivity index (χ1v) is 10.5. The Bertz CT molecular complexity index is 1160. The van der Waals surface area contributed by atoms with E-state index in [-0.39, 0.29) is 25.6 Å². The number of fused-ring (bicyclic) bond motifs is 4. The summed E-state index contributed by atoms with van der Waals surface area (Å²) in [6.45, 7) is 3.43. The topological polar surface area (TPSA) is 71.3 Å². The zero-order valence-electron chi connectivity index (χ0n) is 17.1. The van der Waals surface area contributed by atoms with E-state index in [2.05, 4.69) is 15.3 Å². The normalized spacial score (nSPS) is 27.9. The summed E-state index contributed by atoms with van der Waals surface area (Å²) >= 11 is 0. The standard InChI is InChI=1S/C22H22F2N4O3/c1-13(19-8-28(27-26-19)21-10-22(11-21,20(23)24)30-12-21)31-15-2-3-18-17(6-15)16-4-5-29-9-14(16)7-25-18/h2-3,6-8,13,20H,4-5,9-12H2,1H3/t13-,21?,22?/m1/s1. The van der Waals surface area contributed by atoms with Gasteiger partial charge in [0.25, 0.3) is 6.43 Å². The zero-order valence-corrected chi connectivity index (χ0v) is 17.1. The van der Waals surface area contributed by atoms with Gasteiger partial charge in [-0.2, -0.15) is 0 Å². The Morgan fingerprint density at radius 2 is 2.13 bits per heavy atom. The molecule has 0 N–H and O–H groups in total. The quantitative estimate of drug-likeness (QED) is 0.619. The predicted molar refractivity (Wildman–Crippen MR) is 106 cm³/mol. The first-order chi connectivity index (χ1) is 15.0. The number of nitrogens with zero attached hydrogens (tertiary/aromatic N) is 4. The van der Waals surface area contributed by atoms with Crippen molar-refractivity contribution in [3.8, 4) is 5.75 Å². The fourth-order valence-electron chi connectivity index (χ4n) is 5.07. The maximum absolute atomic E-state index is 13.2. The van der Waals surface area contributed by atoms with Crippen LogP contribution in [0.4, 0.5) is 8.78 Å². The molecule has 4 aliphatic rings. The third-order valence-electron chi connectivity index (χ3n) is 6.80. The van der Waals surface area contributed by atoms with Crippen molar-refractivity contribution in [3.63, 3.8) is 0 Å². The average Bonchev–Trinajstić information content (AvgIpc) is 3.47. The molecule has 162 valence electrons. The molecule has 3 fully saturated rings. The number of ether oxygens (including phenoxy) is 3. The number of hydrogen-bond acceptors (Lipinski definition) is 6. The average molecular weight is 428 g/mol. The van der Waals surface area contributed by atoms with Crippen molar-refractivity contribution < 1.29 is 23.0 Å². The van der Waals surface area contributed by atoms with E-state index in [1.54, 1.807) is 10.9 Å². The lowest BCUT2D eigenvalue weighted by atomic mass is 9.68. The molecule has 1 aromatic carbocycles. The zero-order chi connectivity index (χ0) is 21.2. The molecule has 1 saturated carbocycles. The van der Waals surface area contributed by atoms with Crippen molar-refractivity contribution in [1.29, 1.82) is 0 Å². The highest BCUT2D eigenvalue weighted by Gasteiger charge is 2.68. The fraction of sp³-hybridized carbons (Fsp3) is 0.500. The van der Waals surface area contributed by atoms with Gasteiger partial charge >= 0.3 is 0 Å². The van der Waals surface area contributed by atoms with Crippen LogP contribution in [0.5, 0.6) is 5.75 Å². The lowest BCUT2D eigenvalue weighted by Gasteiger charge is -2.43. The number of rotatable bonds is 5. The minimum absolute atomic E-state index is 0.238. The van der Waals surface area contributed by atoms with Crippen LogP contribution >= 0.6 is 0 Å². The molecule has 0 unspecified atom stereocenters. The Morgan fingerprint density at radius 1 is 1.26 bits per heavy atom. The number of halogens is 2. The second kappa shape index (κ2) is 6.67. The summed E-state index contributed by atoms with van der Waals surface area (Å²) in [5.74, 6) is 0.721. The van der Waals surface area contributed by atoms with Gasteiger partial charge in [-0.1, -0.05) is 5.21 Å². The first kappa shape index (κ1) is 19.1. The molecular formula is C22H22F2N4O3. The highest BCUT2D eigenvalue weighted by atomic mass is 19.3. The van der Waals surface area contributed by atoms with Crippen LogP contribution in [0.3, 0.4) is 0 Å². The van der Waals surface area contributed by atoms with Crippen molar-refractivity contribution in [2.24, 2.45) is 0 Å². The molecule has 2 bridgehead atoms. The summed E-state index contributed by atoms with van der Waals surface area (Å²) in [6.07, 6.45) is 2.23. The molecule has 7 rings (SSSR count). The highest BCUT2D eigenvalue weighted by Crippen LogP contribution is 2.58. The largest absolute Gasteiger partial charge is 0.484 e. The van der Waals surface area contributed by atoms with Crippen molar-refractivity contribution in [1.82, 2.24) is 20.0 Å². The van der Waals surface area contributed by atoms with Gasteiger partial charge in [0.05, 0.1) is 37.1 Å². The molecule has 5 heterocycles. The second-order valence-corrected chi connectivity index (χ2v) is 8.82. The molecule has 31 heavy (non-hydrogen) atoms. The number of alkyl halides is 2. The van der Waals surface area contributed by atoms with Crippen LogP contribution in [-0.4, -0.2) is 45.2 Å². The maximum atomic E-state index is 13.2. The van der Waals surface area contributed by atoms with Crippen molar-refractivity contribution in [2.45, 2.75) is 56.5 Å². The molecule has 3 aromatic rings. The number of hydrogen-bond donors (Lipinski definition) is 0. The Balaban J connectivity index is 1.22. The predicted octanol–water partition coefficient (Wildman–Crippen LogP) is 3.56. The molecule has 1 aliphatic carbocycles. The van der Waals surface area contributed by atoms with E-state index >= 15 is 0 Å². The van der Waals surface area contributed by atoms with Crippen molar-refractivity contribution >= 4 is 10.9 Å². The van der Waals surface area contributed by atoms with Gasteiger partial charge in [-0.25, -0.2) is 13.5 Å². The van der Waals surface area contributed by atoms with Gasteiger partial charge in [-0.15, -0.1) is 5.10 Å². The molecule has 0 radical (unpaired) electrons. The van der Waals surface area contributed by atoms with Gasteiger partial charge in [0.2, 0.25) is 0 Å². The van der Waals surface area contributed by atoms with Gasteiger partial charge in [-0.3, -0.25) is 4.98 Å². The van der Waals surface area contributed by atoms with Crippen LogP contribution in [0, 0.1) is 0 Å². The fourth-order valence-corrected chi connectivity index (χ4v) is 5.07. The highest BCUT2D eigenvalue weighted by molar-refractivity contribution is 5.84. The lowest BCUT2D eigenvalue weighted by molar-refractivity contribution is -0.128. The Morgan fingerprint density at radius 3 is 2.94 bits per heavy atom. The summed E-state index contributed by atoms with van der Waals surface area (Å²) in [5.41, 5.74) is 2.13. The van der Waals surface area contributed by atoms with E-state index in [0.717, 1.165) is 28.6 Å². The van der Waals surface area contributed by atoms with Gasteiger partial charge in [0.1, 0.15) is 23.1 Å². The molecule has 9 heteroatoms. The van der Waals surface area contributed by atoms with E-state index in [9.17, 15) is 8.78 Å². The molecule has 0 amide bonds. The van der Waals surface area contributed by atoms with Crippen LogP contribution in [0.1, 0.15) is 42.7 Å². The Kier molecular flexibility index (Phi) is 4.10.